The van der Waals surface area contributed by atoms with Crippen molar-refractivity contribution in [2.45, 2.75) is 40.7 Å². The first-order valence-electron chi connectivity index (χ1n) is 14.8. The first kappa shape index (κ1) is 33.2. The van der Waals surface area contributed by atoms with Gasteiger partial charge in [-0.1, -0.05) is 32.0 Å². The van der Waals surface area contributed by atoms with Crippen molar-refractivity contribution in [2.24, 2.45) is 11.7 Å². The number of nitrogens with one attached hydrogen (secondary N) is 1. The third kappa shape index (κ3) is 7.80. The molecule has 0 fully saturated rings. The van der Waals surface area contributed by atoms with Gasteiger partial charge in [-0.25, -0.2) is 8.78 Å². The number of hydrogen-bond donors (Lipinski definition) is 2. The van der Waals surface area contributed by atoms with Gasteiger partial charge in [-0.2, -0.15) is 0 Å². The molecule has 2 amide bonds. The van der Waals surface area contributed by atoms with Gasteiger partial charge in [0.05, 0.1) is 27.4 Å². The van der Waals surface area contributed by atoms with Crippen LogP contribution in [0.3, 0.4) is 0 Å². The molecular formula is C34H33F2N5O5S. The quantitative estimate of drug-likeness (QED) is 0.194. The molecule has 0 unspecified atom stereocenters. The monoisotopic (exact) mass is 661 g/mol. The number of para-hydroxylation sites is 2. The second-order valence-corrected chi connectivity index (χ2v) is 12.2. The molecule has 2 aromatic carbocycles. The standard InChI is InChI=1S/C26H25F2N5O3S.C8H8O2/c1-12(2)9-18-22(24(29)34)23(21(13(3)31-18)26-33-32-14(4)36-26)19-7-8-20(37-19)25(35)30-11-15-5-6-16(27)17(28)10-15;1-2-4-8-7(3-1)9-5-6-10-8/h5-8,10,12H,9,11H2,1-4H3,(H2,29,34)(H,30,35);1-4H,5-6H2. The Bertz CT molecular complexity index is 1900. The van der Waals surface area contributed by atoms with Gasteiger partial charge in [0.25, 0.3) is 11.8 Å². The fourth-order valence-electron chi connectivity index (χ4n) is 4.98. The Morgan fingerprint density at radius 1 is 0.957 bits per heavy atom. The predicted octanol–water partition coefficient (Wildman–Crippen LogP) is 6.44. The highest BCUT2D eigenvalue weighted by atomic mass is 32.1. The predicted molar refractivity (Wildman–Crippen MR) is 172 cm³/mol. The second-order valence-electron chi connectivity index (χ2n) is 11.1. The molecule has 244 valence electrons. The van der Waals surface area contributed by atoms with Crippen molar-refractivity contribution < 1.29 is 32.3 Å². The average Bonchev–Trinajstić information content (AvgIpc) is 3.70. The van der Waals surface area contributed by atoms with E-state index in [-0.39, 0.29) is 23.9 Å². The average molecular weight is 662 g/mol. The molecule has 5 aromatic rings. The number of amides is 2. The van der Waals surface area contributed by atoms with Crippen molar-refractivity contribution in [1.29, 1.82) is 0 Å². The summed E-state index contributed by atoms with van der Waals surface area (Å²) in [5.41, 5.74) is 8.58. The van der Waals surface area contributed by atoms with E-state index in [2.05, 4.69) is 20.5 Å². The molecule has 0 spiro atoms. The molecule has 0 bridgehead atoms. The zero-order chi connectivity index (χ0) is 33.7. The topological polar surface area (TPSA) is 142 Å². The third-order valence-electron chi connectivity index (χ3n) is 7.00. The number of hydrogen-bond acceptors (Lipinski definition) is 9. The number of pyridine rings is 1. The zero-order valence-corrected chi connectivity index (χ0v) is 27.0. The van der Waals surface area contributed by atoms with Crippen LogP contribution >= 0.6 is 11.3 Å². The number of nitrogens with zero attached hydrogens (tertiary/aromatic N) is 3. The summed E-state index contributed by atoms with van der Waals surface area (Å²) >= 11 is 1.15. The maximum absolute atomic E-state index is 13.5. The van der Waals surface area contributed by atoms with Gasteiger partial charge in [-0.05, 0) is 61.2 Å². The third-order valence-corrected chi connectivity index (χ3v) is 8.10. The maximum atomic E-state index is 13.5. The summed E-state index contributed by atoms with van der Waals surface area (Å²) in [6.45, 7) is 8.80. The number of primary amides is 1. The molecular weight excluding hydrogens is 628 g/mol. The molecule has 10 nitrogen and oxygen atoms in total. The molecule has 1 aliphatic heterocycles. The van der Waals surface area contributed by atoms with Gasteiger partial charge in [0.15, 0.2) is 23.1 Å². The first-order chi connectivity index (χ1) is 22.5. The lowest BCUT2D eigenvalue weighted by molar-refractivity contribution is 0.0953. The molecule has 0 saturated carbocycles. The van der Waals surface area contributed by atoms with Crippen molar-refractivity contribution >= 4 is 23.2 Å². The molecule has 0 atom stereocenters. The van der Waals surface area contributed by atoms with Gasteiger partial charge in [-0.15, -0.1) is 21.5 Å². The highest BCUT2D eigenvalue weighted by Gasteiger charge is 2.28. The molecule has 47 heavy (non-hydrogen) atoms. The smallest absolute Gasteiger partial charge is 0.261 e. The number of fused-ring (bicyclic) bond motifs is 1. The number of carbonyl (C=O) groups is 2. The molecule has 3 aromatic heterocycles. The van der Waals surface area contributed by atoms with Crippen molar-refractivity contribution in [2.75, 3.05) is 13.2 Å². The molecule has 0 aliphatic carbocycles. The van der Waals surface area contributed by atoms with Crippen molar-refractivity contribution in [1.82, 2.24) is 20.5 Å². The Labute approximate surface area is 274 Å². The minimum Gasteiger partial charge on any atom is -0.486 e. The van der Waals surface area contributed by atoms with Crippen LogP contribution in [0.25, 0.3) is 21.9 Å². The van der Waals surface area contributed by atoms with Crippen molar-refractivity contribution in [3.63, 3.8) is 0 Å². The lowest BCUT2D eigenvalue weighted by Gasteiger charge is -2.17. The van der Waals surface area contributed by atoms with E-state index < -0.39 is 23.4 Å². The molecule has 3 N–H and O–H groups in total. The van der Waals surface area contributed by atoms with Gasteiger partial charge < -0.3 is 24.9 Å². The summed E-state index contributed by atoms with van der Waals surface area (Å²) in [5.74, 6) is -0.570. The summed E-state index contributed by atoms with van der Waals surface area (Å²) in [6.07, 6.45) is 0.516. The summed E-state index contributed by atoms with van der Waals surface area (Å²) in [5, 5.41) is 10.7. The second kappa shape index (κ2) is 14.5. The summed E-state index contributed by atoms with van der Waals surface area (Å²) in [4.78, 5) is 31.2. The molecule has 0 saturated heterocycles. The Morgan fingerprint density at radius 2 is 1.66 bits per heavy atom. The van der Waals surface area contributed by atoms with E-state index in [0.717, 1.165) is 35.0 Å². The molecule has 1 aliphatic rings. The number of ether oxygens (including phenoxy) is 2. The van der Waals surface area contributed by atoms with Crippen LogP contribution in [0.15, 0.2) is 59.0 Å². The SMILES string of the molecule is Cc1nnc(-c2c(C)nc(CC(C)C)c(C(N)=O)c2-c2ccc(C(=O)NCc3ccc(F)c(F)c3)s2)o1.c1ccc2c(c1)OCCO2. The lowest BCUT2D eigenvalue weighted by Crippen LogP contribution is -2.21. The largest absolute Gasteiger partial charge is 0.486 e. The minimum absolute atomic E-state index is 0.00914. The lowest BCUT2D eigenvalue weighted by atomic mass is 9.93. The fraction of sp³-hybridized carbons (Fsp3) is 0.265. The molecule has 4 heterocycles. The van der Waals surface area contributed by atoms with Crippen molar-refractivity contribution in [3.05, 3.63) is 99.5 Å². The van der Waals surface area contributed by atoms with Gasteiger partial charge in [-0.3, -0.25) is 14.6 Å². The number of thiophene rings is 1. The Kier molecular flexibility index (Phi) is 10.2. The number of nitrogens with two attached hydrogens (primary N) is 1. The highest BCUT2D eigenvalue weighted by molar-refractivity contribution is 7.17. The maximum Gasteiger partial charge on any atom is 0.261 e. The van der Waals surface area contributed by atoms with E-state index in [0.29, 0.717) is 63.4 Å². The van der Waals surface area contributed by atoms with Crippen molar-refractivity contribution in [3.8, 4) is 33.4 Å². The van der Waals surface area contributed by atoms with E-state index in [4.69, 9.17) is 19.6 Å². The van der Waals surface area contributed by atoms with Crippen LogP contribution in [-0.2, 0) is 13.0 Å². The number of benzene rings is 2. The van der Waals surface area contributed by atoms with Crippen LogP contribution in [0.5, 0.6) is 11.5 Å². The van der Waals surface area contributed by atoms with Crippen LogP contribution < -0.4 is 20.5 Å². The fourth-order valence-corrected chi connectivity index (χ4v) is 5.96. The zero-order valence-electron chi connectivity index (χ0n) is 26.2. The van der Waals surface area contributed by atoms with Crippen LogP contribution in [0, 0.1) is 31.4 Å². The van der Waals surface area contributed by atoms with Crippen LogP contribution in [0.2, 0.25) is 0 Å². The van der Waals surface area contributed by atoms with Gasteiger partial charge >= 0.3 is 0 Å². The van der Waals surface area contributed by atoms with E-state index in [1.54, 1.807) is 26.0 Å². The highest BCUT2D eigenvalue weighted by Crippen LogP contribution is 2.41. The summed E-state index contributed by atoms with van der Waals surface area (Å²) in [7, 11) is 0. The number of halogens is 2. The number of rotatable bonds is 8. The Morgan fingerprint density at radius 3 is 2.26 bits per heavy atom. The van der Waals surface area contributed by atoms with Gasteiger partial charge in [0, 0.05) is 23.9 Å². The summed E-state index contributed by atoms with van der Waals surface area (Å²) in [6, 6.07) is 14.5. The number of carbonyl (C=O) groups excluding carboxylic acids is 2. The van der Waals surface area contributed by atoms with Crippen LogP contribution in [0.4, 0.5) is 8.78 Å². The van der Waals surface area contributed by atoms with Crippen LogP contribution in [0.1, 0.15) is 56.7 Å². The number of aryl methyl sites for hydroxylation is 2. The van der Waals surface area contributed by atoms with Gasteiger partial charge in [0.2, 0.25) is 11.8 Å². The molecule has 6 rings (SSSR count). The number of aromatic nitrogens is 3. The van der Waals surface area contributed by atoms with E-state index in [9.17, 15) is 18.4 Å². The van der Waals surface area contributed by atoms with Crippen LogP contribution in [-0.4, -0.2) is 40.2 Å². The summed E-state index contributed by atoms with van der Waals surface area (Å²) < 4.78 is 43.0. The Balaban J connectivity index is 0.000000365. The normalized spacial score (nSPS) is 12.0. The molecule has 0 radical (unpaired) electrons. The first-order valence-corrected chi connectivity index (χ1v) is 15.6. The van der Waals surface area contributed by atoms with Gasteiger partial charge in [0.1, 0.15) is 13.2 Å². The van der Waals surface area contributed by atoms with E-state index in [1.165, 1.54) is 6.07 Å². The molecule has 13 heteroatoms. The minimum atomic E-state index is -0.988. The van der Waals surface area contributed by atoms with E-state index >= 15 is 0 Å². The Hall–Kier alpha value is -5.17. The van der Waals surface area contributed by atoms with E-state index in [1.807, 2.05) is 38.1 Å².